The zero-order valence-corrected chi connectivity index (χ0v) is 12.5. The zero-order chi connectivity index (χ0) is 13.8. The van der Waals surface area contributed by atoms with Gasteiger partial charge in [0.1, 0.15) is 5.82 Å². The normalized spacial score (nSPS) is 17.6. The topological polar surface area (TPSA) is 65.1 Å². The summed E-state index contributed by atoms with van der Waals surface area (Å²) >= 11 is 1.72. The number of carbonyl (C=O) groups is 1. The first-order valence-corrected chi connectivity index (χ1v) is 7.93. The number of aromatic amines is 1. The SMILES string of the molecule is CSCC(C)C(=O)N1CCN(c2n[nH]c(C)n2)CC1. The number of H-pyrrole nitrogens is 1. The van der Waals surface area contributed by atoms with Crippen LogP contribution in [0.2, 0.25) is 0 Å². The Morgan fingerprint density at radius 3 is 2.63 bits per heavy atom. The van der Waals surface area contributed by atoms with E-state index in [1.54, 1.807) is 11.8 Å². The Morgan fingerprint density at radius 2 is 2.11 bits per heavy atom. The van der Waals surface area contributed by atoms with Crippen LogP contribution in [0.3, 0.4) is 0 Å². The lowest BCUT2D eigenvalue weighted by atomic mass is 10.1. The van der Waals surface area contributed by atoms with Crippen LogP contribution >= 0.6 is 11.8 Å². The van der Waals surface area contributed by atoms with Crippen LogP contribution in [-0.4, -0.2) is 64.2 Å². The quantitative estimate of drug-likeness (QED) is 0.884. The van der Waals surface area contributed by atoms with Gasteiger partial charge >= 0.3 is 0 Å². The summed E-state index contributed by atoms with van der Waals surface area (Å²) < 4.78 is 0. The monoisotopic (exact) mass is 283 g/mol. The molecule has 6 nitrogen and oxygen atoms in total. The molecule has 1 aromatic heterocycles. The number of carbonyl (C=O) groups excluding carboxylic acids is 1. The average Bonchev–Trinajstić information content (AvgIpc) is 2.85. The van der Waals surface area contributed by atoms with E-state index in [4.69, 9.17) is 0 Å². The molecule has 106 valence electrons. The number of amides is 1. The van der Waals surface area contributed by atoms with Crippen molar-refractivity contribution in [3.05, 3.63) is 5.82 Å². The number of rotatable bonds is 4. The van der Waals surface area contributed by atoms with Crippen LogP contribution in [-0.2, 0) is 4.79 Å². The van der Waals surface area contributed by atoms with Gasteiger partial charge in [-0.15, -0.1) is 5.10 Å². The second-order valence-electron chi connectivity index (χ2n) is 4.89. The van der Waals surface area contributed by atoms with Gasteiger partial charge in [0.25, 0.3) is 0 Å². The lowest BCUT2D eigenvalue weighted by molar-refractivity contribution is -0.134. The molecule has 1 aliphatic rings. The molecule has 1 atom stereocenters. The summed E-state index contributed by atoms with van der Waals surface area (Å²) in [5.41, 5.74) is 0. The van der Waals surface area contributed by atoms with Crippen LogP contribution in [0.5, 0.6) is 0 Å². The zero-order valence-electron chi connectivity index (χ0n) is 11.7. The Labute approximate surface area is 117 Å². The maximum absolute atomic E-state index is 12.2. The van der Waals surface area contributed by atoms with E-state index >= 15 is 0 Å². The van der Waals surface area contributed by atoms with E-state index in [-0.39, 0.29) is 11.8 Å². The second kappa shape index (κ2) is 6.27. The van der Waals surface area contributed by atoms with E-state index in [9.17, 15) is 4.79 Å². The van der Waals surface area contributed by atoms with Crippen molar-refractivity contribution in [1.29, 1.82) is 0 Å². The van der Waals surface area contributed by atoms with E-state index in [2.05, 4.69) is 20.1 Å². The molecule has 7 heteroatoms. The van der Waals surface area contributed by atoms with Gasteiger partial charge in [0, 0.05) is 37.8 Å². The Kier molecular flexibility index (Phi) is 4.68. The fourth-order valence-electron chi connectivity index (χ4n) is 2.23. The average molecular weight is 283 g/mol. The molecule has 0 aliphatic carbocycles. The number of aromatic nitrogens is 3. The maximum atomic E-state index is 12.2. The first kappa shape index (κ1) is 14.2. The van der Waals surface area contributed by atoms with Crippen molar-refractivity contribution < 1.29 is 4.79 Å². The minimum absolute atomic E-state index is 0.104. The van der Waals surface area contributed by atoms with Gasteiger partial charge in [0.15, 0.2) is 0 Å². The summed E-state index contributed by atoms with van der Waals surface area (Å²) in [4.78, 5) is 20.6. The van der Waals surface area contributed by atoms with Gasteiger partial charge in [0.05, 0.1) is 0 Å². The maximum Gasteiger partial charge on any atom is 0.244 e. The molecule has 1 aromatic rings. The Hall–Kier alpha value is -1.24. The van der Waals surface area contributed by atoms with Crippen LogP contribution in [0.4, 0.5) is 5.95 Å². The Bertz CT molecular complexity index is 428. The molecular weight excluding hydrogens is 262 g/mol. The lowest BCUT2D eigenvalue weighted by Crippen LogP contribution is -2.50. The largest absolute Gasteiger partial charge is 0.339 e. The van der Waals surface area contributed by atoms with Crippen molar-refractivity contribution in [3.63, 3.8) is 0 Å². The van der Waals surface area contributed by atoms with E-state index in [1.807, 2.05) is 25.0 Å². The van der Waals surface area contributed by atoms with Crippen molar-refractivity contribution in [2.75, 3.05) is 43.1 Å². The molecular formula is C12H21N5OS. The van der Waals surface area contributed by atoms with Gasteiger partial charge in [-0.3, -0.25) is 9.89 Å². The smallest absolute Gasteiger partial charge is 0.244 e. The Balaban J connectivity index is 1.87. The third kappa shape index (κ3) is 3.40. The molecule has 1 fully saturated rings. The van der Waals surface area contributed by atoms with Gasteiger partial charge in [0.2, 0.25) is 11.9 Å². The fraction of sp³-hybridized carbons (Fsp3) is 0.750. The highest BCUT2D eigenvalue weighted by molar-refractivity contribution is 7.98. The molecule has 0 radical (unpaired) electrons. The molecule has 0 spiro atoms. The van der Waals surface area contributed by atoms with Gasteiger partial charge in [-0.1, -0.05) is 6.92 Å². The lowest BCUT2D eigenvalue weighted by Gasteiger charge is -2.35. The highest BCUT2D eigenvalue weighted by Gasteiger charge is 2.25. The summed E-state index contributed by atoms with van der Waals surface area (Å²) in [6.45, 7) is 7.00. The summed E-state index contributed by atoms with van der Waals surface area (Å²) in [6, 6.07) is 0. The molecule has 1 unspecified atom stereocenters. The van der Waals surface area contributed by atoms with E-state index in [0.717, 1.165) is 43.7 Å². The third-order valence-corrected chi connectivity index (χ3v) is 4.13. The highest BCUT2D eigenvalue weighted by atomic mass is 32.2. The molecule has 0 bridgehead atoms. The van der Waals surface area contributed by atoms with Crippen molar-refractivity contribution in [2.24, 2.45) is 5.92 Å². The number of anilines is 1. The minimum atomic E-state index is 0.104. The molecule has 19 heavy (non-hydrogen) atoms. The second-order valence-corrected chi connectivity index (χ2v) is 5.80. The molecule has 1 N–H and O–H groups in total. The fourth-order valence-corrected chi connectivity index (χ4v) is 2.87. The number of nitrogens with zero attached hydrogens (tertiary/aromatic N) is 4. The highest BCUT2D eigenvalue weighted by Crippen LogP contribution is 2.14. The van der Waals surface area contributed by atoms with Gasteiger partial charge in [-0.05, 0) is 13.2 Å². The first-order chi connectivity index (χ1) is 9.11. The van der Waals surface area contributed by atoms with Crippen molar-refractivity contribution in [2.45, 2.75) is 13.8 Å². The molecule has 1 amide bonds. The number of hydrogen-bond acceptors (Lipinski definition) is 5. The number of nitrogens with one attached hydrogen (secondary N) is 1. The van der Waals surface area contributed by atoms with E-state index < -0.39 is 0 Å². The number of thioether (sulfide) groups is 1. The molecule has 0 aromatic carbocycles. The van der Waals surface area contributed by atoms with Crippen molar-refractivity contribution >= 4 is 23.6 Å². The number of piperazine rings is 1. The number of hydrogen-bond donors (Lipinski definition) is 1. The molecule has 1 saturated heterocycles. The molecule has 2 heterocycles. The summed E-state index contributed by atoms with van der Waals surface area (Å²) in [7, 11) is 0. The van der Waals surface area contributed by atoms with Crippen LogP contribution < -0.4 is 4.90 Å². The predicted molar refractivity (Wildman–Crippen MR) is 77.5 cm³/mol. The molecule has 2 rings (SSSR count). The van der Waals surface area contributed by atoms with E-state index in [1.165, 1.54) is 0 Å². The van der Waals surface area contributed by atoms with Crippen LogP contribution in [0.15, 0.2) is 0 Å². The van der Waals surface area contributed by atoms with Gasteiger partial charge in [-0.2, -0.15) is 16.7 Å². The van der Waals surface area contributed by atoms with E-state index in [0.29, 0.717) is 0 Å². The number of aryl methyl sites for hydroxylation is 1. The van der Waals surface area contributed by atoms with Crippen LogP contribution in [0.1, 0.15) is 12.7 Å². The molecule has 1 aliphatic heterocycles. The van der Waals surface area contributed by atoms with Gasteiger partial charge in [-0.25, -0.2) is 0 Å². The summed E-state index contributed by atoms with van der Waals surface area (Å²) in [5, 5.41) is 7.01. The summed E-state index contributed by atoms with van der Waals surface area (Å²) in [6.07, 6.45) is 2.04. The molecule has 0 saturated carbocycles. The van der Waals surface area contributed by atoms with Gasteiger partial charge < -0.3 is 9.80 Å². The van der Waals surface area contributed by atoms with Crippen molar-refractivity contribution in [3.8, 4) is 0 Å². The summed E-state index contributed by atoms with van der Waals surface area (Å²) in [5.74, 6) is 2.82. The third-order valence-electron chi connectivity index (χ3n) is 3.30. The van der Waals surface area contributed by atoms with Crippen LogP contribution in [0.25, 0.3) is 0 Å². The minimum Gasteiger partial charge on any atom is -0.339 e. The predicted octanol–water partition coefficient (Wildman–Crippen LogP) is 0.761. The van der Waals surface area contributed by atoms with Crippen LogP contribution in [0, 0.1) is 12.8 Å². The first-order valence-electron chi connectivity index (χ1n) is 6.53. The standard InChI is InChI=1S/C12H21N5OS/c1-9(8-19-3)11(18)16-4-6-17(7-5-16)12-13-10(2)14-15-12/h9H,4-8H2,1-3H3,(H,13,14,15). The van der Waals surface area contributed by atoms with Crippen molar-refractivity contribution in [1.82, 2.24) is 20.1 Å². The Morgan fingerprint density at radius 1 is 1.42 bits per heavy atom.